The first-order valence-electron chi connectivity index (χ1n) is 3.83. The van der Waals surface area contributed by atoms with Gasteiger partial charge in [-0.1, -0.05) is 0 Å². The molecule has 181 valence electrons. The van der Waals surface area contributed by atoms with Gasteiger partial charge in [-0.2, -0.15) is 0 Å². The number of aliphatic hydroxyl groups is 8. The number of rotatable bonds is 3. The number of aliphatic hydroxyl groups excluding tert-OH is 4. The number of carboxylic acid groups (broad SMARTS) is 2. The second-order valence-corrected chi connectivity index (χ2v) is 2.25. The Kier molecular flexibility index (Phi) is 211. The summed E-state index contributed by atoms with van der Waals surface area (Å²) in [5, 5.41) is 76.1. The maximum Gasteiger partial charge on any atom is 0 e. The van der Waals surface area contributed by atoms with Gasteiger partial charge in [-0.15, -0.1) is 0 Å². The molecule has 0 aromatic carbocycles. The van der Waals surface area contributed by atoms with Crippen molar-refractivity contribution >= 4 is 115 Å². The Morgan fingerprint density at radius 1 is 0.517 bits per heavy atom. The standard InChI is InChI=1S/C2H6O4.2C2H4O4.4In.7H2O.3H/c3*3-1(4)2(5)6;;;;;;;;;;;;;;/h1-6H;2*1,3-4H,(H,5,6);;;;;7*1H2;;;/p+4. The van der Waals surface area contributed by atoms with Crippen molar-refractivity contribution in [2.75, 3.05) is 0 Å². The van der Waals surface area contributed by atoms with Crippen LogP contribution in [0.4, 0.5) is 0 Å². The normalized spacial score (nSPS) is 6.07. The first-order chi connectivity index (χ1) is 7.93. The molecule has 29 heavy (non-hydrogen) atoms. The number of hydrogen-bond donors (Lipinski definition) is 10. The average molecular weight is 871 g/mol. The second kappa shape index (κ2) is 63.1. The Balaban J connectivity index is -0.00000000815. The summed E-state index contributed by atoms with van der Waals surface area (Å²) in [6.45, 7) is 0. The van der Waals surface area contributed by atoms with E-state index in [1.807, 2.05) is 0 Å². The monoisotopic (exact) mass is 871 g/mol. The van der Waals surface area contributed by atoms with E-state index < -0.39 is 37.1 Å². The van der Waals surface area contributed by atoms with Gasteiger partial charge in [0.1, 0.15) is 0 Å². The van der Waals surface area contributed by atoms with Crippen molar-refractivity contribution in [1.82, 2.24) is 0 Å². The third kappa shape index (κ3) is 121. The number of carboxylic acids is 2. The van der Waals surface area contributed by atoms with Gasteiger partial charge in [0, 0.05) is 51.7 Å². The van der Waals surface area contributed by atoms with Crippen LogP contribution in [-0.2, 0) is 31.5 Å². The first-order valence-corrected chi connectivity index (χ1v) is 3.83. The average Bonchev–Trinajstić information content (AvgIpc) is 2.18. The Morgan fingerprint density at radius 3 is 0.586 bits per heavy atom. The van der Waals surface area contributed by atoms with Crippen LogP contribution in [0.3, 0.4) is 0 Å². The third-order valence-electron chi connectivity index (χ3n) is 0.708. The summed E-state index contributed by atoms with van der Waals surface area (Å²) in [5.41, 5.74) is 0. The zero-order valence-corrected chi connectivity index (χ0v) is 31.6. The largest absolute Gasteiger partial charge is 0.457 e. The van der Waals surface area contributed by atoms with Crippen molar-refractivity contribution in [2.24, 2.45) is 0 Å². The summed E-state index contributed by atoms with van der Waals surface area (Å²) >= 11 is 0. The molecule has 0 aromatic heterocycles. The SMILES string of the molecule is O.O.O.O=C(O)C(O)O.O=C(O)C(O)O.OC(O)C(O)O.[InH2].[InH].[In].[In].[OH3+].[OH3+].[OH3+].[OH3+]. The van der Waals surface area contributed by atoms with Gasteiger partial charge < -0.3 is 89.4 Å². The molecule has 0 atom stereocenters. The molecule has 0 aliphatic heterocycles. The molecule has 0 rings (SSSR count). The van der Waals surface area contributed by atoms with E-state index in [2.05, 4.69) is 0 Å². The van der Waals surface area contributed by atoms with E-state index in [0.29, 0.717) is 0 Å². The molecule has 0 aliphatic carbocycles. The van der Waals surface area contributed by atoms with E-state index in [9.17, 15) is 9.59 Å². The van der Waals surface area contributed by atoms with Crippen LogP contribution in [0.2, 0.25) is 0 Å². The van der Waals surface area contributed by atoms with Crippen LogP contribution >= 0.6 is 0 Å². The van der Waals surface area contributed by atoms with Gasteiger partial charge in [-0.3, -0.25) is 0 Å². The van der Waals surface area contributed by atoms with Crippen molar-refractivity contribution in [3.05, 3.63) is 0 Å². The first kappa shape index (κ1) is 96.9. The van der Waals surface area contributed by atoms with Crippen molar-refractivity contribution in [2.45, 2.75) is 25.2 Å². The Hall–Kier alpha value is 1.82. The topological polar surface area (TPSA) is 463 Å². The van der Waals surface area contributed by atoms with Crippen LogP contribution in [0.1, 0.15) is 0 Å². The van der Waals surface area contributed by atoms with E-state index in [0.717, 1.165) is 0 Å². The molecule has 19 nitrogen and oxygen atoms in total. The summed E-state index contributed by atoms with van der Waals surface area (Å²) in [6.07, 6.45) is -8.54. The van der Waals surface area contributed by atoms with Gasteiger partial charge in [-0.05, 0) is 0 Å². The molecule has 0 aromatic rings. The molecule has 0 saturated carbocycles. The van der Waals surface area contributed by atoms with E-state index in [-0.39, 0.29) is 142 Å². The van der Waals surface area contributed by atoms with Crippen LogP contribution in [-0.4, -0.2) is 208 Å². The van der Waals surface area contributed by atoms with Gasteiger partial charge in [0.05, 0.1) is 0 Å². The Bertz CT molecular complexity index is 217. The fourth-order valence-corrected chi connectivity index (χ4v) is 0. The zero-order valence-electron chi connectivity index (χ0n) is 15.3. The van der Waals surface area contributed by atoms with Crippen LogP contribution < -0.4 is 0 Å². The van der Waals surface area contributed by atoms with Crippen LogP contribution in [0, 0.1) is 0 Å². The summed E-state index contributed by atoms with van der Waals surface area (Å²) in [5.74, 6) is -3.26. The molecule has 0 saturated heterocycles. The minimum atomic E-state index is -2.23. The summed E-state index contributed by atoms with van der Waals surface area (Å²) in [4.78, 5) is 18.4. The van der Waals surface area contributed by atoms with E-state index >= 15 is 0 Å². The molecular weight excluding hydrogens is 835 g/mol. The molecule has 0 spiro atoms. The molecular formula is C6H35In4O19+4. The molecule has 0 fully saturated rings. The van der Waals surface area contributed by atoms with Gasteiger partial charge in [0.15, 0.2) is 0 Å². The maximum atomic E-state index is 9.20. The van der Waals surface area contributed by atoms with Gasteiger partial charge in [-0.25, -0.2) is 9.59 Å². The van der Waals surface area contributed by atoms with Gasteiger partial charge >= 0.3 is 63.6 Å². The van der Waals surface area contributed by atoms with E-state index in [1.54, 1.807) is 0 Å². The smallest absolute Gasteiger partial charge is 0 e. The molecule has 0 amide bonds. The van der Waals surface area contributed by atoms with E-state index in [1.165, 1.54) is 0 Å². The minimum absolute atomic E-state index is 0. The van der Waals surface area contributed by atoms with Crippen molar-refractivity contribution in [3.63, 3.8) is 0 Å². The molecule has 0 bridgehead atoms. The third-order valence-corrected chi connectivity index (χ3v) is 0.708. The Labute approximate surface area is 237 Å². The Morgan fingerprint density at radius 2 is 0.586 bits per heavy atom. The quantitative estimate of drug-likeness (QED) is 0.0934. The number of hydrogen-bond acceptors (Lipinski definition) is 10. The number of aliphatic carboxylic acids is 2. The predicted molar refractivity (Wildman–Crippen MR) is 106 cm³/mol. The molecule has 0 unspecified atom stereocenters. The van der Waals surface area contributed by atoms with Crippen molar-refractivity contribution in [1.29, 1.82) is 0 Å². The fourth-order valence-electron chi connectivity index (χ4n) is 0. The summed E-state index contributed by atoms with van der Waals surface area (Å²) < 4.78 is 0. The fraction of sp³-hybridized carbons (Fsp3) is 0.667. The van der Waals surface area contributed by atoms with Crippen molar-refractivity contribution < 1.29 is 99.0 Å². The molecule has 23 heteroatoms. The second-order valence-electron chi connectivity index (χ2n) is 2.25. The molecule has 9 radical (unpaired) electrons. The number of carbonyl (C=O) groups is 2. The zero-order chi connectivity index (χ0) is 15.5. The van der Waals surface area contributed by atoms with Gasteiger partial charge in [0.25, 0.3) is 12.6 Å². The summed E-state index contributed by atoms with van der Waals surface area (Å²) in [7, 11) is 0. The van der Waals surface area contributed by atoms with E-state index in [4.69, 9.17) is 51.1 Å². The molecule has 28 N–H and O–H groups in total. The minimum Gasteiger partial charge on any atom is -0.457 e. The molecule has 0 aliphatic rings. The van der Waals surface area contributed by atoms with Crippen LogP contribution in [0.25, 0.3) is 0 Å². The maximum absolute atomic E-state index is 9.20. The van der Waals surface area contributed by atoms with Crippen molar-refractivity contribution in [3.8, 4) is 0 Å². The molecule has 0 heterocycles. The summed E-state index contributed by atoms with van der Waals surface area (Å²) in [6, 6.07) is 0. The van der Waals surface area contributed by atoms with Gasteiger partial charge in [0.2, 0.25) is 12.6 Å². The van der Waals surface area contributed by atoms with Crippen LogP contribution in [0.5, 0.6) is 0 Å². The predicted octanol–water partition coefficient (Wildman–Crippen LogP) is -14.1. The van der Waals surface area contributed by atoms with Crippen LogP contribution in [0.15, 0.2) is 0 Å².